The Morgan fingerprint density at radius 2 is 1.86 bits per heavy atom. The summed E-state index contributed by atoms with van der Waals surface area (Å²) in [6.45, 7) is 6.37. The fraction of sp³-hybridized carbons (Fsp3) is 0.263. The third kappa shape index (κ3) is 3.88. The summed E-state index contributed by atoms with van der Waals surface area (Å²) in [4.78, 5) is 9.26. The minimum absolute atomic E-state index is 0.798. The number of nitrogens with zero attached hydrogens (tertiary/aromatic N) is 2. The number of hydrogen-bond acceptors (Lipinski definition) is 2. The van der Waals surface area contributed by atoms with Crippen molar-refractivity contribution in [2.24, 2.45) is 4.99 Å². The maximum absolute atomic E-state index is 4.86. The van der Waals surface area contributed by atoms with Gasteiger partial charge in [-0.3, -0.25) is 0 Å². The van der Waals surface area contributed by atoms with Crippen LogP contribution in [0.1, 0.15) is 37.8 Å². The Morgan fingerprint density at radius 1 is 1.10 bits per heavy atom. The molecule has 0 aliphatic heterocycles. The topological polar surface area (TPSA) is 25.2 Å². The van der Waals surface area contributed by atoms with Gasteiger partial charge in [-0.05, 0) is 37.0 Å². The van der Waals surface area contributed by atoms with Crippen molar-refractivity contribution in [3.8, 4) is 0 Å². The predicted octanol–water partition coefficient (Wildman–Crippen LogP) is 5.26. The standard InChI is InChI=1S/C19H22N2/c1-4-10-16(5-2)18(17-12-7-6-8-13-17)21-19-15(3)11-9-14-20-19/h6-14H,4-5H2,1-3H3/b16-10+,21-18+. The van der Waals surface area contributed by atoms with E-state index in [1.165, 1.54) is 5.57 Å². The second-order valence-electron chi connectivity index (χ2n) is 4.96. The summed E-state index contributed by atoms with van der Waals surface area (Å²) in [6.07, 6.45) is 6.03. The zero-order valence-corrected chi connectivity index (χ0v) is 13.0. The van der Waals surface area contributed by atoms with Gasteiger partial charge in [0.2, 0.25) is 0 Å². The summed E-state index contributed by atoms with van der Waals surface area (Å²) >= 11 is 0. The van der Waals surface area contributed by atoms with Gasteiger partial charge in [-0.1, -0.05) is 56.3 Å². The van der Waals surface area contributed by atoms with Crippen LogP contribution in [0.4, 0.5) is 5.82 Å². The molecule has 2 nitrogen and oxygen atoms in total. The zero-order valence-electron chi connectivity index (χ0n) is 13.0. The van der Waals surface area contributed by atoms with Crippen LogP contribution in [0.2, 0.25) is 0 Å². The number of aryl methyl sites for hydroxylation is 1. The Bertz CT molecular complexity index is 640. The van der Waals surface area contributed by atoms with E-state index in [-0.39, 0.29) is 0 Å². The molecule has 0 unspecified atom stereocenters. The molecule has 1 heterocycles. The van der Waals surface area contributed by atoms with Crippen LogP contribution in [0.25, 0.3) is 0 Å². The molecule has 108 valence electrons. The normalized spacial score (nSPS) is 12.5. The predicted molar refractivity (Wildman–Crippen MR) is 90.3 cm³/mol. The van der Waals surface area contributed by atoms with Crippen LogP contribution < -0.4 is 0 Å². The van der Waals surface area contributed by atoms with Gasteiger partial charge < -0.3 is 0 Å². The van der Waals surface area contributed by atoms with Crippen molar-refractivity contribution in [3.63, 3.8) is 0 Å². The lowest BCUT2D eigenvalue weighted by molar-refractivity contribution is 1.11. The molecule has 0 radical (unpaired) electrons. The monoisotopic (exact) mass is 278 g/mol. The number of benzene rings is 1. The quantitative estimate of drug-likeness (QED) is 0.685. The molecule has 0 spiro atoms. The third-order valence-electron chi connectivity index (χ3n) is 3.38. The summed E-state index contributed by atoms with van der Waals surface area (Å²) in [5.74, 6) is 0.798. The van der Waals surface area contributed by atoms with E-state index in [2.05, 4.69) is 49.2 Å². The van der Waals surface area contributed by atoms with Crippen LogP contribution in [0, 0.1) is 6.92 Å². The molecule has 2 heteroatoms. The number of pyridine rings is 1. The highest BCUT2D eigenvalue weighted by molar-refractivity contribution is 6.13. The molecular formula is C19H22N2. The Morgan fingerprint density at radius 3 is 2.48 bits per heavy atom. The van der Waals surface area contributed by atoms with Crippen molar-refractivity contribution in [3.05, 3.63) is 71.4 Å². The van der Waals surface area contributed by atoms with Gasteiger partial charge >= 0.3 is 0 Å². The van der Waals surface area contributed by atoms with Gasteiger partial charge in [0.25, 0.3) is 0 Å². The molecule has 1 aromatic carbocycles. The van der Waals surface area contributed by atoms with Crippen molar-refractivity contribution in [2.75, 3.05) is 0 Å². The molecule has 2 rings (SSSR count). The molecule has 0 saturated heterocycles. The highest BCUT2D eigenvalue weighted by Gasteiger charge is 2.09. The first kappa shape index (κ1) is 15.2. The Hall–Kier alpha value is -2.22. The fourth-order valence-electron chi connectivity index (χ4n) is 2.27. The van der Waals surface area contributed by atoms with Crippen molar-refractivity contribution in [1.29, 1.82) is 0 Å². The molecule has 1 aromatic heterocycles. The van der Waals surface area contributed by atoms with E-state index < -0.39 is 0 Å². The second-order valence-corrected chi connectivity index (χ2v) is 4.96. The summed E-state index contributed by atoms with van der Waals surface area (Å²) in [7, 11) is 0. The summed E-state index contributed by atoms with van der Waals surface area (Å²) in [6, 6.07) is 14.3. The summed E-state index contributed by atoms with van der Waals surface area (Å²) in [5, 5.41) is 0. The Balaban J connectivity index is 2.56. The summed E-state index contributed by atoms with van der Waals surface area (Å²) in [5.41, 5.74) is 4.54. The largest absolute Gasteiger partial charge is 0.237 e. The SMILES string of the molecule is CC/C=C(CC)/C(=N\c1ncccc1C)c1ccccc1. The van der Waals surface area contributed by atoms with Crippen LogP contribution in [-0.4, -0.2) is 10.7 Å². The second kappa shape index (κ2) is 7.53. The molecular weight excluding hydrogens is 256 g/mol. The minimum Gasteiger partial charge on any atom is -0.237 e. The van der Waals surface area contributed by atoms with E-state index in [0.717, 1.165) is 35.5 Å². The molecule has 0 atom stereocenters. The molecule has 0 amide bonds. The van der Waals surface area contributed by atoms with Crippen LogP contribution in [0.3, 0.4) is 0 Å². The van der Waals surface area contributed by atoms with Gasteiger partial charge in [0.05, 0.1) is 5.71 Å². The van der Waals surface area contributed by atoms with E-state index in [0.29, 0.717) is 0 Å². The first-order valence-electron chi connectivity index (χ1n) is 7.51. The molecule has 2 aromatic rings. The van der Waals surface area contributed by atoms with Crippen LogP contribution in [-0.2, 0) is 0 Å². The van der Waals surface area contributed by atoms with E-state index >= 15 is 0 Å². The van der Waals surface area contributed by atoms with Gasteiger partial charge in [0.1, 0.15) is 0 Å². The first-order valence-corrected chi connectivity index (χ1v) is 7.51. The van der Waals surface area contributed by atoms with Crippen molar-refractivity contribution in [1.82, 2.24) is 4.98 Å². The first-order chi connectivity index (χ1) is 10.3. The highest BCUT2D eigenvalue weighted by Crippen LogP contribution is 2.20. The maximum Gasteiger partial charge on any atom is 0.155 e. The van der Waals surface area contributed by atoms with Crippen LogP contribution in [0.15, 0.2) is 65.3 Å². The van der Waals surface area contributed by atoms with Gasteiger partial charge in [-0.15, -0.1) is 0 Å². The Labute approximate surface area is 127 Å². The van der Waals surface area contributed by atoms with Crippen LogP contribution >= 0.6 is 0 Å². The average Bonchev–Trinajstić information content (AvgIpc) is 2.53. The van der Waals surface area contributed by atoms with Gasteiger partial charge in [0, 0.05) is 11.8 Å². The minimum atomic E-state index is 0.798. The smallest absolute Gasteiger partial charge is 0.155 e. The Kier molecular flexibility index (Phi) is 5.44. The molecule has 0 bridgehead atoms. The lowest BCUT2D eigenvalue weighted by Gasteiger charge is -2.11. The number of aromatic nitrogens is 1. The van der Waals surface area contributed by atoms with Crippen molar-refractivity contribution < 1.29 is 0 Å². The molecule has 0 N–H and O–H groups in total. The number of aliphatic imine (C=N–C) groups is 1. The zero-order chi connectivity index (χ0) is 15.1. The molecule has 0 fully saturated rings. The third-order valence-corrected chi connectivity index (χ3v) is 3.38. The molecule has 0 aliphatic carbocycles. The molecule has 0 aliphatic rings. The number of hydrogen-bond donors (Lipinski definition) is 0. The van der Waals surface area contributed by atoms with E-state index in [4.69, 9.17) is 4.99 Å². The summed E-state index contributed by atoms with van der Waals surface area (Å²) < 4.78 is 0. The highest BCUT2D eigenvalue weighted by atomic mass is 14.9. The van der Waals surface area contributed by atoms with Crippen molar-refractivity contribution in [2.45, 2.75) is 33.6 Å². The number of allylic oxidation sites excluding steroid dienone is 2. The van der Waals surface area contributed by atoms with Crippen LogP contribution in [0.5, 0.6) is 0 Å². The molecule has 21 heavy (non-hydrogen) atoms. The van der Waals surface area contributed by atoms with Gasteiger partial charge in [0.15, 0.2) is 5.82 Å². The van der Waals surface area contributed by atoms with E-state index in [9.17, 15) is 0 Å². The van der Waals surface area contributed by atoms with Gasteiger partial charge in [-0.2, -0.15) is 0 Å². The van der Waals surface area contributed by atoms with E-state index in [1.54, 1.807) is 6.20 Å². The lowest BCUT2D eigenvalue weighted by Crippen LogP contribution is -2.05. The van der Waals surface area contributed by atoms with E-state index in [1.807, 2.05) is 25.1 Å². The fourth-order valence-corrected chi connectivity index (χ4v) is 2.27. The molecule has 0 saturated carbocycles. The lowest BCUT2D eigenvalue weighted by atomic mass is 9.99. The number of rotatable bonds is 5. The maximum atomic E-state index is 4.86. The average molecular weight is 278 g/mol. The van der Waals surface area contributed by atoms with Gasteiger partial charge in [-0.25, -0.2) is 9.98 Å². The van der Waals surface area contributed by atoms with Crippen molar-refractivity contribution >= 4 is 11.5 Å².